The van der Waals surface area contributed by atoms with Crippen molar-refractivity contribution in [1.29, 1.82) is 0 Å². The largest absolute Gasteiger partial charge is 0.598 e. The van der Waals surface area contributed by atoms with Crippen LogP contribution in [-0.4, -0.2) is 70.0 Å². The van der Waals surface area contributed by atoms with Gasteiger partial charge in [0.05, 0.1) is 19.0 Å². The molecule has 11 heteroatoms. The highest BCUT2D eigenvalue weighted by Crippen LogP contribution is 2.37. The van der Waals surface area contributed by atoms with E-state index in [-0.39, 0.29) is 11.2 Å². The van der Waals surface area contributed by atoms with Crippen molar-refractivity contribution in [3.8, 4) is 17.0 Å². The Balaban J connectivity index is 1.55. The third-order valence-corrected chi connectivity index (χ3v) is 8.54. The Morgan fingerprint density at radius 2 is 2.10 bits per heavy atom. The van der Waals surface area contributed by atoms with Gasteiger partial charge in [-0.25, -0.2) is 13.9 Å². The molecule has 0 bridgehead atoms. The second-order valence-electron chi connectivity index (χ2n) is 8.04. The lowest BCUT2D eigenvalue weighted by molar-refractivity contribution is 0.258. The van der Waals surface area contributed by atoms with Crippen molar-refractivity contribution in [1.82, 2.24) is 18.9 Å². The van der Waals surface area contributed by atoms with E-state index in [1.54, 1.807) is 21.1 Å². The molecule has 0 radical (unpaired) electrons. The molecule has 1 saturated heterocycles. The lowest BCUT2D eigenvalue weighted by Gasteiger charge is -2.40. The Morgan fingerprint density at radius 3 is 2.74 bits per heavy atom. The summed E-state index contributed by atoms with van der Waals surface area (Å²) in [5.74, 6) is 0.670. The Bertz CT molecular complexity index is 1050. The van der Waals surface area contributed by atoms with Crippen molar-refractivity contribution in [2.24, 2.45) is 11.1 Å². The SMILES string of the molecule is COc1cc(F)ccc1-c1cnc2sc(N3CCC(CN)(C[S+]([O-])N(C)C)CC3)nn12. The van der Waals surface area contributed by atoms with Crippen LogP contribution < -0.4 is 15.4 Å². The minimum absolute atomic E-state index is 0.115. The van der Waals surface area contributed by atoms with Gasteiger partial charge in [0.2, 0.25) is 10.1 Å². The molecule has 168 valence electrons. The number of rotatable bonds is 7. The van der Waals surface area contributed by atoms with Crippen molar-refractivity contribution in [3.63, 3.8) is 0 Å². The number of anilines is 1. The van der Waals surface area contributed by atoms with Gasteiger partial charge >= 0.3 is 0 Å². The van der Waals surface area contributed by atoms with Crippen LogP contribution in [0.2, 0.25) is 0 Å². The number of imidazole rings is 1. The zero-order valence-corrected chi connectivity index (χ0v) is 19.5. The zero-order valence-electron chi connectivity index (χ0n) is 17.9. The highest BCUT2D eigenvalue weighted by atomic mass is 32.2. The van der Waals surface area contributed by atoms with E-state index in [0.29, 0.717) is 18.0 Å². The summed E-state index contributed by atoms with van der Waals surface area (Å²) in [6.07, 6.45) is 3.46. The summed E-state index contributed by atoms with van der Waals surface area (Å²) in [7, 11) is 5.17. The first-order valence-corrected chi connectivity index (χ1v) is 12.1. The Hall–Kier alpha value is -1.92. The number of methoxy groups -OCH3 is 1. The summed E-state index contributed by atoms with van der Waals surface area (Å²) < 4.78 is 34.8. The summed E-state index contributed by atoms with van der Waals surface area (Å²) in [6.45, 7) is 2.12. The molecule has 2 N–H and O–H groups in total. The van der Waals surface area contributed by atoms with Crippen LogP contribution in [0.3, 0.4) is 0 Å². The van der Waals surface area contributed by atoms with Gasteiger partial charge in [0.1, 0.15) is 17.3 Å². The predicted octanol–water partition coefficient (Wildman–Crippen LogP) is 2.38. The molecule has 1 fully saturated rings. The van der Waals surface area contributed by atoms with Crippen molar-refractivity contribution in [2.45, 2.75) is 12.8 Å². The number of hydrogen-bond acceptors (Lipinski definition) is 8. The molecule has 3 heterocycles. The van der Waals surface area contributed by atoms with Crippen LogP contribution in [-0.2, 0) is 11.4 Å². The number of halogens is 1. The molecule has 0 spiro atoms. The molecular weight excluding hydrogens is 439 g/mol. The summed E-state index contributed by atoms with van der Waals surface area (Å²) >= 11 is 0.484. The molecule has 1 unspecified atom stereocenters. The maximum Gasteiger partial charge on any atom is 0.214 e. The number of hydrogen-bond donors (Lipinski definition) is 1. The monoisotopic (exact) mass is 466 g/mol. The van der Waals surface area contributed by atoms with Gasteiger partial charge in [0, 0.05) is 62.1 Å². The van der Waals surface area contributed by atoms with Crippen molar-refractivity contribution in [2.75, 3.05) is 51.5 Å². The van der Waals surface area contributed by atoms with Crippen molar-refractivity contribution >= 4 is 32.8 Å². The number of aromatic nitrogens is 3. The smallest absolute Gasteiger partial charge is 0.214 e. The fourth-order valence-electron chi connectivity index (χ4n) is 3.84. The van der Waals surface area contributed by atoms with Crippen molar-refractivity contribution in [3.05, 3.63) is 30.2 Å². The first-order valence-electron chi connectivity index (χ1n) is 10.0. The summed E-state index contributed by atoms with van der Waals surface area (Å²) in [5, 5.41) is 5.66. The van der Waals surface area contributed by atoms with Crippen LogP contribution in [0.25, 0.3) is 16.2 Å². The van der Waals surface area contributed by atoms with E-state index in [1.165, 1.54) is 30.6 Å². The van der Waals surface area contributed by atoms with Gasteiger partial charge in [0.15, 0.2) is 0 Å². The quantitative estimate of drug-likeness (QED) is 0.534. The fraction of sp³-hybridized carbons (Fsp3) is 0.500. The van der Waals surface area contributed by atoms with E-state index >= 15 is 0 Å². The van der Waals surface area contributed by atoms with Crippen molar-refractivity contribution < 1.29 is 13.7 Å². The van der Waals surface area contributed by atoms with Gasteiger partial charge in [-0.2, -0.15) is 0 Å². The number of piperidine rings is 1. The maximum atomic E-state index is 13.6. The Kier molecular flexibility index (Phi) is 6.40. The molecule has 31 heavy (non-hydrogen) atoms. The molecule has 0 amide bonds. The first-order chi connectivity index (χ1) is 14.9. The number of nitrogens with two attached hydrogens (primary N) is 1. The number of nitrogens with zero attached hydrogens (tertiary/aromatic N) is 5. The van der Waals surface area contributed by atoms with E-state index in [0.717, 1.165) is 47.3 Å². The molecule has 1 aromatic carbocycles. The van der Waals surface area contributed by atoms with E-state index in [9.17, 15) is 8.94 Å². The first kappa shape index (κ1) is 22.3. The molecule has 0 saturated carbocycles. The Labute approximate surface area is 188 Å². The van der Waals surface area contributed by atoms with Crippen LogP contribution in [0, 0.1) is 11.2 Å². The second kappa shape index (κ2) is 8.91. The standard InChI is InChI=1S/C20H27FN6O2S2/c1-25(2)31(28)13-20(12-22)6-8-26(9-7-20)19-24-27-16(11-23-18(27)30-19)15-5-4-14(21)10-17(15)29-3/h4-5,10-11H,6-9,12-13,22H2,1-3H3. The molecule has 3 aromatic rings. The fourth-order valence-corrected chi connectivity index (χ4v) is 5.96. The lowest BCUT2D eigenvalue weighted by Crippen LogP contribution is -2.49. The highest BCUT2D eigenvalue weighted by Gasteiger charge is 2.39. The molecular formula is C20H27FN6O2S2. The number of ether oxygens (including phenoxy) is 1. The van der Waals surface area contributed by atoms with E-state index in [1.807, 2.05) is 14.1 Å². The highest BCUT2D eigenvalue weighted by molar-refractivity contribution is 7.89. The van der Waals surface area contributed by atoms with E-state index < -0.39 is 11.4 Å². The maximum absolute atomic E-state index is 13.6. The minimum atomic E-state index is -1.03. The molecule has 1 aliphatic rings. The van der Waals surface area contributed by atoms with Gasteiger partial charge in [-0.3, -0.25) is 0 Å². The van der Waals surface area contributed by atoms with Crippen LogP contribution in [0.15, 0.2) is 24.4 Å². The normalized spacial score (nSPS) is 17.5. The predicted molar refractivity (Wildman–Crippen MR) is 122 cm³/mol. The van der Waals surface area contributed by atoms with Gasteiger partial charge in [-0.05, 0) is 25.0 Å². The van der Waals surface area contributed by atoms with Gasteiger partial charge in [0.25, 0.3) is 0 Å². The van der Waals surface area contributed by atoms with Gasteiger partial charge in [-0.1, -0.05) is 11.3 Å². The average Bonchev–Trinajstić information content (AvgIpc) is 3.35. The summed E-state index contributed by atoms with van der Waals surface area (Å²) in [6, 6.07) is 4.44. The Morgan fingerprint density at radius 1 is 1.35 bits per heavy atom. The number of benzene rings is 1. The molecule has 0 aliphatic carbocycles. The molecule has 1 aliphatic heterocycles. The zero-order chi connectivity index (χ0) is 22.2. The summed E-state index contributed by atoms with van der Waals surface area (Å²) in [5.41, 5.74) is 7.48. The third kappa shape index (κ3) is 4.37. The van der Waals surface area contributed by atoms with Crippen LogP contribution in [0.4, 0.5) is 9.52 Å². The van der Waals surface area contributed by atoms with Gasteiger partial charge < -0.3 is 19.9 Å². The summed E-state index contributed by atoms with van der Waals surface area (Å²) in [4.78, 5) is 7.49. The average molecular weight is 467 g/mol. The third-order valence-electron chi connectivity index (χ3n) is 5.88. The molecule has 2 aromatic heterocycles. The van der Waals surface area contributed by atoms with Crippen LogP contribution in [0.1, 0.15) is 12.8 Å². The van der Waals surface area contributed by atoms with Crippen LogP contribution in [0.5, 0.6) is 5.75 Å². The molecule has 1 atom stereocenters. The molecule has 8 nitrogen and oxygen atoms in total. The van der Waals surface area contributed by atoms with Crippen LogP contribution >= 0.6 is 11.3 Å². The van der Waals surface area contributed by atoms with E-state index in [4.69, 9.17) is 15.6 Å². The molecule has 4 rings (SSSR count). The minimum Gasteiger partial charge on any atom is -0.598 e. The second-order valence-corrected chi connectivity index (χ2v) is 10.6. The van der Waals surface area contributed by atoms with E-state index in [2.05, 4.69) is 9.88 Å². The topological polar surface area (TPSA) is 95.0 Å². The lowest BCUT2D eigenvalue weighted by atomic mass is 9.80. The number of fused-ring (bicyclic) bond motifs is 1. The van der Waals surface area contributed by atoms with Gasteiger partial charge in [-0.15, -0.1) is 9.40 Å².